The molecule has 0 saturated carbocycles. The average molecular weight is 426 g/mol. The Labute approximate surface area is 173 Å². The van der Waals surface area contributed by atoms with Gasteiger partial charge < -0.3 is 5.11 Å². The summed E-state index contributed by atoms with van der Waals surface area (Å²) in [6, 6.07) is 18.4. The number of carboxylic acids is 1. The molecule has 154 valence electrons. The summed E-state index contributed by atoms with van der Waals surface area (Å²) in [4.78, 5) is 21.3. The van der Waals surface area contributed by atoms with Crippen LogP contribution in [0.15, 0.2) is 77.7 Å². The van der Waals surface area contributed by atoms with Crippen molar-refractivity contribution in [1.29, 1.82) is 0 Å². The lowest BCUT2D eigenvalue weighted by Gasteiger charge is -2.10. The smallest absolute Gasteiger partial charge is 0.335 e. The van der Waals surface area contributed by atoms with Crippen molar-refractivity contribution < 1.29 is 23.2 Å². The van der Waals surface area contributed by atoms with Crippen LogP contribution >= 0.6 is 0 Å². The van der Waals surface area contributed by atoms with Gasteiger partial charge in [-0.15, -0.1) is 0 Å². The Bertz CT molecular complexity index is 1210. The molecule has 0 fully saturated rings. The summed E-state index contributed by atoms with van der Waals surface area (Å²) >= 11 is 0. The number of carboxylic acid groups (broad SMARTS) is 1. The normalized spacial score (nSPS) is 11.1. The zero-order valence-electron chi connectivity index (χ0n) is 15.7. The summed E-state index contributed by atoms with van der Waals surface area (Å²) in [6.07, 6.45) is 0.953. The van der Waals surface area contributed by atoms with Crippen LogP contribution in [0.25, 0.3) is 0 Å². The summed E-state index contributed by atoms with van der Waals surface area (Å²) < 4.78 is 27.7. The lowest BCUT2D eigenvalue weighted by molar-refractivity contribution is -0.387. The zero-order chi connectivity index (χ0) is 21.7. The van der Waals surface area contributed by atoms with E-state index in [0.29, 0.717) is 18.4 Å². The molecule has 0 aromatic heterocycles. The predicted molar refractivity (Wildman–Crippen MR) is 111 cm³/mol. The van der Waals surface area contributed by atoms with Gasteiger partial charge in [-0.1, -0.05) is 42.5 Å². The Morgan fingerprint density at radius 3 is 2.40 bits per heavy atom. The van der Waals surface area contributed by atoms with Crippen LogP contribution in [0.4, 0.5) is 11.4 Å². The summed E-state index contributed by atoms with van der Waals surface area (Å²) in [6.45, 7) is 0. The van der Waals surface area contributed by atoms with Crippen molar-refractivity contribution in [2.45, 2.75) is 17.7 Å². The minimum Gasteiger partial charge on any atom is -0.478 e. The van der Waals surface area contributed by atoms with Crippen LogP contribution in [0.5, 0.6) is 0 Å². The van der Waals surface area contributed by atoms with Gasteiger partial charge in [0.1, 0.15) is 0 Å². The van der Waals surface area contributed by atoms with E-state index in [-0.39, 0.29) is 11.3 Å². The van der Waals surface area contributed by atoms with Crippen LogP contribution in [-0.2, 0) is 22.9 Å². The number of sulfonamides is 1. The van der Waals surface area contributed by atoms with Gasteiger partial charge in [0.15, 0.2) is 4.90 Å². The van der Waals surface area contributed by atoms with E-state index in [1.165, 1.54) is 24.3 Å². The highest BCUT2D eigenvalue weighted by molar-refractivity contribution is 7.92. The predicted octanol–water partition coefficient (Wildman–Crippen LogP) is 3.88. The number of aryl methyl sites for hydroxylation is 2. The number of nitro benzene ring substituents is 1. The van der Waals surface area contributed by atoms with Gasteiger partial charge in [0.05, 0.1) is 10.5 Å². The first kappa shape index (κ1) is 21.0. The molecule has 0 aliphatic rings. The molecule has 0 aliphatic heterocycles. The van der Waals surface area contributed by atoms with Gasteiger partial charge >= 0.3 is 5.97 Å². The van der Waals surface area contributed by atoms with Crippen molar-refractivity contribution in [3.8, 4) is 0 Å². The number of para-hydroxylation sites is 1. The third-order valence-corrected chi connectivity index (χ3v) is 5.89. The molecule has 0 amide bonds. The molecule has 30 heavy (non-hydrogen) atoms. The van der Waals surface area contributed by atoms with Crippen LogP contribution in [0.1, 0.15) is 21.5 Å². The fourth-order valence-corrected chi connectivity index (χ4v) is 4.28. The fraction of sp³-hybridized carbons (Fsp3) is 0.0952. The molecular formula is C21H18N2O6S. The molecule has 3 aromatic carbocycles. The molecule has 0 radical (unpaired) electrons. The number of rotatable bonds is 8. The Morgan fingerprint density at radius 2 is 1.67 bits per heavy atom. The van der Waals surface area contributed by atoms with E-state index in [2.05, 4.69) is 4.72 Å². The number of nitrogens with zero attached hydrogens (tertiary/aromatic N) is 1. The van der Waals surface area contributed by atoms with Gasteiger partial charge in [0.25, 0.3) is 15.7 Å². The summed E-state index contributed by atoms with van der Waals surface area (Å²) in [5.74, 6) is -1.00. The number of benzene rings is 3. The van der Waals surface area contributed by atoms with Crippen molar-refractivity contribution in [1.82, 2.24) is 0 Å². The lowest BCUT2D eigenvalue weighted by atomic mass is 10.00. The first-order chi connectivity index (χ1) is 14.3. The van der Waals surface area contributed by atoms with E-state index >= 15 is 0 Å². The second-order valence-electron chi connectivity index (χ2n) is 6.49. The standard InChI is InChI=1S/C21H18N2O6S/c24-21(25)18-9-2-1-7-16(18)13-12-15-6-5-8-17(14-15)22-30(28,29)20-11-4-3-10-19(20)23(26)27/h1-11,14,22H,12-13H2,(H,24,25). The van der Waals surface area contributed by atoms with Gasteiger partial charge in [-0.05, 0) is 48.2 Å². The second-order valence-corrected chi connectivity index (χ2v) is 8.14. The Balaban J connectivity index is 1.80. The highest BCUT2D eigenvalue weighted by Crippen LogP contribution is 2.25. The van der Waals surface area contributed by atoms with E-state index in [9.17, 15) is 28.4 Å². The van der Waals surface area contributed by atoms with Crippen molar-refractivity contribution in [3.05, 3.63) is 99.6 Å². The number of nitro groups is 1. The van der Waals surface area contributed by atoms with Crippen molar-refractivity contribution in [2.24, 2.45) is 0 Å². The van der Waals surface area contributed by atoms with E-state index < -0.39 is 31.5 Å². The molecule has 0 spiro atoms. The van der Waals surface area contributed by atoms with Gasteiger partial charge in [-0.25, -0.2) is 13.2 Å². The van der Waals surface area contributed by atoms with Gasteiger partial charge in [0, 0.05) is 11.8 Å². The number of aromatic carboxylic acids is 1. The lowest BCUT2D eigenvalue weighted by Crippen LogP contribution is -2.14. The Hall–Kier alpha value is -3.72. The summed E-state index contributed by atoms with van der Waals surface area (Å²) in [5.41, 5.74) is 1.45. The van der Waals surface area contributed by atoms with Crippen LogP contribution in [0, 0.1) is 10.1 Å². The molecule has 2 N–H and O–H groups in total. The zero-order valence-corrected chi connectivity index (χ0v) is 16.5. The maximum Gasteiger partial charge on any atom is 0.335 e. The fourth-order valence-electron chi connectivity index (χ4n) is 3.06. The quantitative estimate of drug-likeness (QED) is 0.416. The highest BCUT2D eigenvalue weighted by Gasteiger charge is 2.25. The van der Waals surface area contributed by atoms with E-state index in [4.69, 9.17) is 0 Å². The van der Waals surface area contributed by atoms with E-state index in [0.717, 1.165) is 11.6 Å². The Morgan fingerprint density at radius 1 is 0.967 bits per heavy atom. The molecule has 0 saturated heterocycles. The largest absolute Gasteiger partial charge is 0.478 e. The minimum atomic E-state index is -4.16. The van der Waals surface area contributed by atoms with Crippen molar-refractivity contribution >= 4 is 27.4 Å². The summed E-state index contributed by atoms with van der Waals surface area (Å²) in [5, 5.41) is 20.4. The molecule has 3 aromatic rings. The minimum absolute atomic E-state index is 0.228. The summed E-state index contributed by atoms with van der Waals surface area (Å²) in [7, 11) is -4.16. The monoisotopic (exact) mass is 426 g/mol. The molecule has 8 nitrogen and oxygen atoms in total. The molecule has 0 atom stereocenters. The topological polar surface area (TPSA) is 127 Å². The number of hydrogen-bond acceptors (Lipinski definition) is 5. The highest BCUT2D eigenvalue weighted by atomic mass is 32.2. The number of anilines is 1. The number of nitrogens with one attached hydrogen (secondary N) is 1. The van der Waals surface area contributed by atoms with Crippen molar-refractivity contribution in [3.63, 3.8) is 0 Å². The maximum absolute atomic E-state index is 12.7. The maximum atomic E-state index is 12.7. The van der Waals surface area contributed by atoms with Crippen LogP contribution in [0.3, 0.4) is 0 Å². The number of hydrogen-bond donors (Lipinski definition) is 2. The van der Waals surface area contributed by atoms with Gasteiger partial charge in [-0.2, -0.15) is 0 Å². The van der Waals surface area contributed by atoms with Crippen LogP contribution in [-0.4, -0.2) is 24.4 Å². The van der Waals surface area contributed by atoms with E-state index in [1.807, 2.05) is 0 Å². The van der Waals surface area contributed by atoms with Gasteiger partial charge in [-0.3, -0.25) is 14.8 Å². The van der Waals surface area contributed by atoms with Crippen LogP contribution in [0.2, 0.25) is 0 Å². The van der Waals surface area contributed by atoms with Gasteiger partial charge in [0.2, 0.25) is 0 Å². The third-order valence-electron chi connectivity index (χ3n) is 4.46. The van der Waals surface area contributed by atoms with Crippen LogP contribution < -0.4 is 4.72 Å². The number of carbonyl (C=O) groups is 1. The SMILES string of the molecule is O=C(O)c1ccccc1CCc1cccc(NS(=O)(=O)c2ccccc2[N+](=O)[O-])c1. The van der Waals surface area contributed by atoms with Crippen molar-refractivity contribution in [2.75, 3.05) is 4.72 Å². The molecule has 0 aliphatic carbocycles. The molecule has 3 rings (SSSR count). The Kier molecular flexibility index (Phi) is 6.12. The molecule has 0 heterocycles. The van der Waals surface area contributed by atoms with E-state index in [1.54, 1.807) is 42.5 Å². The molecule has 9 heteroatoms. The first-order valence-corrected chi connectivity index (χ1v) is 10.4. The second kappa shape index (κ2) is 8.75. The average Bonchev–Trinajstić information content (AvgIpc) is 2.72. The molecule has 0 unspecified atom stereocenters. The first-order valence-electron chi connectivity index (χ1n) is 8.94. The third kappa shape index (κ3) is 4.81. The molecule has 0 bridgehead atoms. The molecular weight excluding hydrogens is 408 g/mol.